The van der Waals surface area contributed by atoms with Crippen LogP contribution in [0.4, 0.5) is 0 Å². The molecule has 0 saturated carbocycles. The van der Waals surface area contributed by atoms with Gasteiger partial charge in [0.05, 0.1) is 17.8 Å². The molecule has 1 aromatic carbocycles. The third-order valence-corrected chi connectivity index (χ3v) is 6.74. The lowest BCUT2D eigenvalue weighted by atomic mass is 10.0. The molecule has 1 aromatic heterocycles. The standard InChI is InChI=1S/C29H39N5O7/c1-17(2)26(32-25(37)16-36)27(38)30-18(3)28(39)34-13-5-8-23(33-34)29(40)41-19(4)22-12-11-21-10-9-20(7-6-14-35)15-24(21)31-22/h6-7,9-12,15,17-19,23,26,33,35-36H,5,8,13-14,16H2,1-4H3,(H,30,38)(H,32,37)/b7-6+/t18-,19+,23-,26-/m0/s1. The molecular formula is C29H39N5O7. The molecule has 2 aromatic rings. The van der Waals surface area contributed by atoms with E-state index in [2.05, 4.69) is 21.0 Å². The molecule has 2 heterocycles. The van der Waals surface area contributed by atoms with Crippen molar-refractivity contribution in [2.45, 2.75) is 64.8 Å². The number of esters is 1. The van der Waals surface area contributed by atoms with E-state index in [4.69, 9.17) is 14.9 Å². The number of aliphatic hydroxyl groups is 2. The first-order valence-corrected chi connectivity index (χ1v) is 13.7. The molecule has 0 unspecified atom stereocenters. The van der Waals surface area contributed by atoms with Crippen LogP contribution in [0.15, 0.2) is 36.4 Å². The number of hydrogen-bond acceptors (Lipinski definition) is 9. The average Bonchev–Trinajstić information content (AvgIpc) is 2.97. The van der Waals surface area contributed by atoms with Gasteiger partial charge in [-0.2, -0.15) is 0 Å². The molecule has 4 atom stereocenters. The van der Waals surface area contributed by atoms with Crippen LogP contribution >= 0.6 is 0 Å². The number of carbonyl (C=O) groups excluding carboxylic acids is 4. The van der Waals surface area contributed by atoms with Gasteiger partial charge in [0.2, 0.25) is 11.8 Å². The Kier molecular flexibility index (Phi) is 11.3. The Morgan fingerprint density at radius 2 is 1.85 bits per heavy atom. The van der Waals surface area contributed by atoms with E-state index in [-0.39, 0.29) is 12.5 Å². The second-order valence-corrected chi connectivity index (χ2v) is 10.3. The van der Waals surface area contributed by atoms with Crippen molar-refractivity contribution in [2.75, 3.05) is 19.8 Å². The summed E-state index contributed by atoms with van der Waals surface area (Å²) in [4.78, 5) is 55.0. The molecule has 12 nitrogen and oxygen atoms in total. The summed E-state index contributed by atoms with van der Waals surface area (Å²) in [6, 6.07) is 6.81. The van der Waals surface area contributed by atoms with E-state index in [1.165, 1.54) is 11.9 Å². The highest BCUT2D eigenvalue weighted by molar-refractivity contribution is 5.92. The number of benzene rings is 1. The first-order valence-electron chi connectivity index (χ1n) is 13.7. The number of nitrogens with one attached hydrogen (secondary N) is 3. The molecule has 1 fully saturated rings. The number of ether oxygens (including phenoxy) is 1. The molecule has 3 rings (SSSR count). The smallest absolute Gasteiger partial charge is 0.325 e. The van der Waals surface area contributed by atoms with Crippen molar-refractivity contribution >= 4 is 40.7 Å². The number of fused-ring (bicyclic) bond motifs is 1. The molecule has 0 spiro atoms. The molecule has 3 amide bonds. The molecule has 0 radical (unpaired) electrons. The number of aromatic nitrogens is 1. The monoisotopic (exact) mass is 569 g/mol. The Labute approximate surface area is 239 Å². The second-order valence-electron chi connectivity index (χ2n) is 10.3. The van der Waals surface area contributed by atoms with E-state index < -0.39 is 54.5 Å². The van der Waals surface area contributed by atoms with E-state index in [0.29, 0.717) is 25.1 Å². The molecule has 5 N–H and O–H groups in total. The minimum absolute atomic E-state index is 0.0616. The number of nitrogens with zero attached hydrogens (tertiary/aromatic N) is 2. The zero-order valence-corrected chi connectivity index (χ0v) is 23.8. The predicted molar refractivity (Wildman–Crippen MR) is 152 cm³/mol. The lowest BCUT2D eigenvalue weighted by molar-refractivity contribution is -0.157. The number of pyridine rings is 1. The third-order valence-electron chi connectivity index (χ3n) is 6.74. The Balaban J connectivity index is 1.60. The minimum atomic E-state index is -0.935. The van der Waals surface area contributed by atoms with E-state index in [1.807, 2.05) is 24.3 Å². The molecule has 0 aliphatic carbocycles. The van der Waals surface area contributed by atoms with E-state index >= 15 is 0 Å². The number of amides is 3. The molecule has 1 saturated heterocycles. The summed E-state index contributed by atoms with van der Waals surface area (Å²) in [5.41, 5.74) is 5.10. The van der Waals surface area contributed by atoms with Crippen LogP contribution in [0.1, 0.15) is 57.9 Å². The maximum absolute atomic E-state index is 13.1. The highest BCUT2D eigenvalue weighted by Crippen LogP contribution is 2.22. The summed E-state index contributed by atoms with van der Waals surface area (Å²) in [5.74, 6) is -2.49. The molecule has 41 heavy (non-hydrogen) atoms. The van der Waals surface area contributed by atoms with Crippen LogP contribution in [0.5, 0.6) is 0 Å². The lowest BCUT2D eigenvalue weighted by Crippen LogP contribution is -2.61. The minimum Gasteiger partial charge on any atom is -0.455 e. The zero-order chi connectivity index (χ0) is 30.1. The van der Waals surface area contributed by atoms with Gasteiger partial charge in [0, 0.05) is 11.9 Å². The first kappa shape index (κ1) is 31.7. The summed E-state index contributed by atoms with van der Waals surface area (Å²) in [7, 11) is 0. The van der Waals surface area contributed by atoms with Crippen molar-refractivity contribution in [3.05, 3.63) is 47.7 Å². The van der Waals surface area contributed by atoms with Crippen molar-refractivity contribution in [2.24, 2.45) is 5.92 Å². The fourth-order valence-electron chi connectivity index (χ4n) is 4.45. The van der Waals surface area contributed by atoms with Gasteiger partial charge in [0.25, 0.3) is 5.91 Å². The van der Waals surface area contributed by atoms with Crippen LogP contribution in [0.2, 0.25) is 0 Å². The molecule has 1 aliphatic heterocycles. The van der Waals surface area contributed by atoms with Gasteiger partial charge < -0.3 is 25.6 Å². The summed E-state index contributed by atoms with van der Waals surface area (Å²) < 4.78 is 5.70. The van der Waals surface area contributed by atoms with Gasteiger partial charge in [0.15, 0.2) is 0 Å². The molecule has 12 heteroatoms. The number of rotatable bonds is 11. The first-order chi connectivity index (χ1) is 19.5. The van der Waals surface area contributed by atoms with Crippen molar-refractivity contribution < 1.29 is 34.1 Å². The number of carbonyl (C=O) groups is 4. The van der Waals surface area contributed by atoms with Gasteiger partial charge in [-0.1, -0.05) is 44.2 Å². The third kappa shape index (κ3) is 8.56. The van der Waals surface area contributed by atoms with Crippen LogP contribution in [-0.4, -0.2) is 81.8 Å². The average molecular weight is 570 g/mol. The summed E-state index contributed by atoms with van der Waals surface area (Å²) >= 11 is 0. The Morgan fingerprint density at radius 3 is 2.54 bits per heavy atom. The quantitative estimate of drug-likeness (QED) is 0.248. The van der Waals surface area contributed by atoms with Gasteiger partial charge in [-0.15, -0.1) is 0 Å². The predicted octanol–water partition coefficient (Wildman–Crippen LogP) is 0.978. The van der Waals surface area contributed by atoms with Crippen molar-refractivity contribution in [3.63, 3.8) is 0 Å². The normalized spacial score (nSPS) is 17.7. The van der Waals surface area contributed by atoms with Gasteiger partial charge >= 0.3 is 5.97 Å². The van der Waals surface area contributed by atoms with Crippen LogP contribution in [-0.2, 0) is 23.9 Å². The van der Waals surface area contributed by atoms with E-state index in [0.717, 1.165) is 16.5 Å². The van der Waals surface area contributed by atoms with Gasteiger partial charge in [-0.05, 0) is 50.3 Å². The Hall–Kier alpha value is -3.87. The SMILES string of the molecule is CC(C)[C@H](NC(=O)CO)C(=O)N[C@@H](C)C(=O)N1CCC[C@@H](C(=O)O[C@H](C)c2ccc3ccc(/C=C/CO)cc3n2)N1. The van der Waals surface area contributed by atoms with Crippen LogP contribution < -0.4 is 16.1 Å². The van der Waals surface area contributed by atoms with E-state index in [9.17, 15) is 19.2 Å². The van der Waals surface area contributed by atoms with Crippen LogP contribution in [0.3, 0.4) is 0 Å². The zero-order valence-electron chi connectivity index (χ0n) is 23.8. The van der Waals surface area contributed by atoms with Crippen molar-refractivity contribution in [1.82, 2.24) is 26.1 Å². The summed E-state index contributed by atoms with van der Waals surface area (Å²) in [6.45, 7) is 6.25. The number of hydrazine groups is 1. The van der Waals surface area contributed by atoms with Crippen LogP contribution in [0, 0.1) is 5.92 Å². The van der Waals surface area contributed by atoms with E-state index in [1.54, 1.807) is 39.0 Å². The highest BCUT2D eigenvalue weighted by atomic mass is 16.5. The van der Waals surface area contributed by atoms with Gasteiger partial charge in [-0.3, -0.25) is 24.2 Å². The molecule has 222 valence electrons. The molecule has 0 bridgehead atoms. The largest absolute Gasteiger partial charge is 0.455 e. The Morgan fingerprint density at radius 1 is 1.12 bits per heavy atom. The number of hydrogen-bond donors (Lipinski definition) is 5. The summed E-state index contributed by atoms with van der Waals surface area (Å²) in [6.07, 6.45) is 3.80. The topological polar surface area (TPSA) is 170 Å². The summed E-state index contributed by atoms with van der Waals surface area (Å²) in [5, 5.41) is 25.3. The van der Waals surface area contributed by atoms with Gasteiger partial charge in [0.1, 0.15) is 30.8 Å². The van der Waals surface area contributed by atoms with Crippen molar-refractivity contribution in [3.8, 4) is 0 Å². The lowest BCUT2D eigenvalue weighted by Gasteiger charge is -2.35. The molecule has 1 aliphatic rings. The van der Waals surface area contributed by atoms with Crippen LogP contribution in [0.25, 0.3) is 17.0 Å². The molecular weight excluding hydrogens is 530 g/mol. The Bertz CT molecular complexity index is 1280. The maximum Gasteiger partial charge on any atom is 0.325 e. The van der Waals surface area contributed by atoms with Gasteiger partial charge in [-0.25, -0.2) is 10.4 Å². The second kappa shape index (κ2) is 14.7. The fourth-order valence-corrected chi connectivity index (χ4v) is 4.45. The van der Waals surface area contributed by atoms with Crippen molar-refractivity contribution in [1.29, 1.82) is 0 Å². The highest BCUT2D eigenvalue weighted by Gasteiger charge is 2.33. The fraction of sp³-hybridized carbons (Fsp3) is 0.483. The number of aliphatic hydroxyl groups excluding tert-OH is 2. The maximum atomic E-state index is 13.1.